The van der Waals surface area contributed by atoms with Crippen LogP contribution in [-0.2, 0) is 0 Å². The van der Waals surface area contributed by atoms with E-state index in [4.69, 9.17) is 9.98 Å². The number of benzene rings is 8. The molecule has 0 saturated carbocycles. The largest absolute Gasteiger partial charge is 0.330 e. The third-order valence-corrected chi connectivity index (χ3v) is 12.0. The first-order chi connectivity index (χ1) is 31.8. The van der Waals surface area contributed by atoms with Gasteiger partial charge in [-0.2, -0.15) is 4.99 Å². The van der Waals surface area contributed by atoms with Crippen molar-refractivity contribution in [1.82, 2.24) is 19.4 Å². The number of aromatic nitrogens is 3. The molecule has 1 atom stereocenters. The Morgan fingerprint density at radius 3 is 1.27 bits per heavy atom. The van der Waals surface area contributed by atoms with Crippen molar-refractivity contribution in [3.8, 4) is 0 Å². The molecule has 0 bridgehead atoms. The number of anilines is 6. The van der Waals surface area contributed by atoms with E-state index < -0.39 is 6.17 Å². The number of rotatable bonds is 7. The van der Waals surface area contributed by atoms with Crippen molar-refractivity contribution in [3.63, 3.8) is 0 Å². The Morgan fingerprint density at radius 2 is 0.781 bits per heavy atom. The molecule has 8 nitrogen and oxygen atoms in total. The summed E-state index contributed by atoms with van der Waals surface area (Å²) in [5, 5.41) is 8.22. The molecule has 3 aromatic heterocycles. The first kappa shape index (κ1) is 37.0. The van der Waals surface area contributed by atoms with Gasteiger partial charge in [0, 0.05) is 68.1 Å². The van der Waals surface area contributed by atoms with Crippen molar-refractivity contribution in [2.45, 2.75) is 6.17 Å². The van der Waals surface area contributed by atoms with Crippen LogP contribution in [0.15, 0.2) is 241 Å². The lowest BCUT2D eigenvalue weighted by Gasteiger charge is -2.26. The highest BCUT2D eigenvalue weighted by molar-refractivity contribution is 6.19. The van der Waals surface area contributed by atoms with Crippen LogP contribution in [0.2, 0.25) is 0 Å². The SMILES string of the molecule is c1ccc(N(c2ccccc2)c2ccc3c(c2)c2ccccc2n3C2=NC(c3ccncc3)NC(n3c4ccccc4c4cc(N(c5ccccc5)c5ccccc5)ccc43)=N2)cc1. The monoisotopic (exact) mass is 824 g/mol. The topological polar surface area (TPSA) is 66.0 Å². The van der Waals surface area contributed by atoms with E-state index in [9.17, 15) is 0 Å². The zero-order chi connectivity index (χ0) is 42.4. The van der Waals surface area contributed by atoms with Crippen LogP contribution in [0.25, 0.3) is 43.6 Å². The Kier molecular flexibility index (Phi) is 9.04. The van der Waals surface area contributed by atoms with Crippen molar-refractivity contribution >= 4 is 89.7 Å². The fourth-order valence-corrected chi connectivity index (χ4v) is 9.20. The van der Waals surface area contributed by atoms with Crippen LogP contribution in [0, 0.1) is 0 Å². The quantitative estimate of drug-likeness (QED) is 0.174. The lowest BCUT2D eigenvalue weighted by atomic mass is 10.1. The summed E-state index contributed by atoms with van der Waals surface area (Å²) >= 11 is 0. The van der Waals surface area contributed by atoms with Crippen LogP contribution in [0.3, 0.4) is 0 Å². The summed E-state index contributed by atoms with van der Waals surface area (Å²) in [5.74, 6) is 1.26. The lowest BCUT2D eigenvalue weighted by Crippen LogP contribution is -2.38. The van der Waals surface area contributed by atoms with E-state index in [2.05, 4.69) is 235 Å². The molecule has 1 aliphatic rings. The molecule has 64 heavy (non-hydrogen) atoms. The molecule has 8 aromatic carbocycles. The molecule has 0 radical (unpaired) electrons. The van der Waals surface area contributed by atoms with Crippen LogP contribution >= 0.6 is 0 Å². The van der Waals surface area contributed by atoms with Crippen molar-refractivity contribution in [2.75, 3.05) is 9.80 Å². The van der Waals surface area contributed by atoms with Gasteiger partial charge in [-0.05, 0) is 115 Å². The molecule has 1 aliphatic heterocycles. The average Bonchev–Trinajstić information content (AvgIpc) is 3.88. The second kappa shape index (κ2) is 15.6. The standard InChI is InChI=1S/C56H40N8/c1-5-17-40(18-6-1)61(41-19-7-2-8-20-41)44-29-31-52-48(37-44)46-25-13-15-27-50(46)63(52)55-58-54(39-33-35-57-36-34-39)59-56(60-55)64-51-28-16-14-26-47(51)49-38-45(30-32-53(49)64)62(42-21-9-3-10-22-42)43-23-11-4-12-24-43/h1-38,54H,(H,58,59,60). The summed E-state index contributed by atoms with van der Waals surface area (Å²) in [6.07, 6.45) is 3.19. The molecule has 1 unspecified atom stereocenters. The fourth-order valence-electron chi connectivity index (χ4n) is 9.20. The number of hydrogen-bond acceptors (Lipinski definition) is 6. The normalized spacial score (nSPS) is 13.8. The smallest absolute Gasteiger partial charge is 0.235 e. The molecular weight excluding hydrogens is 785 g/mol. The van der Waals surface area contributed by atoms with Crippen molar-refractivity contribution in [2.24, 2.45) is 9.98 Å². The van der Waals surface area contributed by atoms with Gasteiger partial charge in [-0.15, -0.1) is 0 Å². The maximum absolute atomic E-state index is 5.49. The molecule has 0 fully saturated rings. The van der Waals surface area contributed by atoms with E-state index in [1.165, 1.54) is 0 Å². The van der Waals surface area contributed by atoms with Gasteiger partial charge in [0.2, 0.25) is 11.9 Å². The molecule has 0 aliphatic carbocycles. The van der Waals surface area contributed by atoms with Crippen LogP contribution < -0.4 is 15.1 Å². The molecule has 1 N–H and O–H groups in total. The molecule has 8 heteroatoms. The summed E-state index contributed by atoms with van der Waals surface area (Å²) < 4.78 is 4.46. The van der Waals surface area contributed by atoms with Crippen LogP contribution in [0.4, 0.5) is 34.1 Å². The van der Waals surface area contributed by atoms with Crippen molar-refractivity contribution in [1.29, 1.82) is 0 Å². The molecule has 0 amide bonds. The van der Waals surface area contributed by atoms with Gasteiger partial charge in [-0.3, -0.25) is 14.1 Å². The van der Waals surface area contributed by atoms with E-state index in [-0.39, 0.29) is 0 Å². The summed E-state index contributed by atoms with van der Waals surface area (Å²) in [4.78, 5) is 19.8. The Morgan fingerprint density at radius 1 is 0.375 bits per heavy atom. The third-order valence-electron chi connectivity index (χ3n) is 12.0. The van der Waals surface area contributed by atoms with Crippen LogP contribution in [0.1, 0.15) is 11.7 Å². The zero-order valence-corrected chi connectivity index (χ0v) is 34.6. The van der Waals surface area contributed by atoms with Crippen LogP contribution in [-0.4, -0.2) is 26.0 Å². The van der Waals surface area contributed by atoms with Gasteiger partial charge in [0.05, 0.1) is 22.1 Å². The first-order valence-corrected chi connectivity index (χ1v) is 21.5. The minimum Gasteiger partial charge on any atom is -0.330 e. The number of nitrogens with one attached hydrogen (secondary N) is 1. The van der Waals surface area contributed by atoms with Crippen molar-refractivity contribution in [3.05, 3.63) is 236 Å². The number of nitrogens with zero attached hydrogens (tertiary/aromatic N) is 7. The molecule has 0 saturated heterocycles. The van der Waals surface area contributed by atoms with E-state index in [1.807, 2.05) is 24.5 Å². The Balaban J connectivity index is 1.05. The van der Waals surface area contributed by atoms with E-state index in [0.29, 0.717) is 11.9 Å². The highest BCUT2D eigenvalue weighted by Gasteiger charge is 2.27. The molecule has 0 spiro atoms. The van der Waals surface area contributed by atoms with Gasteiger partial charge in [0.15, 0.2) is 6.17 Å². The van der Waals surface area contributed by atoms with Gasteiger partial charge in [-0.1, -0.05) is 109 Å². The van der Waals surface area contributed by atoms with E-state index in [0.717, 1.165) is 83.3 Å². The van der Waals surface area contributed by atoms with Gasteiger partial charge in [0.25, 0.3) is 0 Å². The maximum Gasteiger partial charge on any atom is 0.235 e. The van der Waals surface area contributed by atoms with Gasteiger partial charge >= 0.3 is 0 Å². The first-order valence-electron chi connectivity index (χ1n) is 21.5. The van der Waals surface area contributed by atoms with Gasteiger partial charge < -0.3 is 15.1 Å². The number of pyridine rings is 1. The molecule has 12 rings (SSSR count). The van der Waals surface area contributed by atoms with E-state index >= 15 is 0 Å². The van der Waals surface area contributed by atoms with Crippen LogP contribution in [0.5, 0.6) is 0 Å². The second-order valence-corrected chi connectivity index (χ2v) is 15.8. The molecule has 11 aromatic rings. The van der Waals surface area contributed by atoms with Gasteiger partial charge in [0.1, 0.15) is 0 Å². The average molecular weight is 825 g/mol. The zero-order valence-electron chi connectivity index (χ0n) is 34.6. The summed E-state index contributed by atoms with van der Waals surface area (Å²) in [7, 11) is 0. The summed E-state index contributed by atoms with van der Waals surface area (Å²) in [6, 6.07) is 76.7. The Hall–Kier alpha value is -8.75. The Bertz CT molecular complexity index is 3450. The van der Waals surface area contributed by atoms with Crippen molar-refractivity contribution < 1.29 is 0 Å². The molecular formula is C56H40N8. The second-order valence-electron chi connectivity index (χ2n) is 15.8. The van der Waals surface area contributed by atoms with E-state index in [1.54, 1.807) is 0 Å². The predicted molar refractivity (Wildman–Crippen MR) is 264 cm³/mol. The summed E-state index contributed by atoms with van der Waals surface area (Å²) in [6.45, 7) is 0. The highest BCUT2D eigenvalue weighted by Crippen LogP contribution is 2.41. The highest BCUT2D eigenvalue weighted by atomic mass is 15.4. The minimum atomic E-state index is -0.449. The summed E-state index contributed by atoms with van der Waals surface area (Å²) in [5.41, 5.74) is 11.5. The molecule has 4 heterocycles. The predicted octanol–water partition coefficient (Wildman–Crippen LogP) is 13.6. The minimum absolute atomic E-state index is 0.449. The number of para-hydroxylation sites is 6. The number of fused-ring (bicyclic) bond motifs is 6. The Labute approximate surface area is 370 Å². The number of hydrogen-bond donors (Lipinski definition) is 1. The van der Waals surface area contributed by atoms with Gasteiger partial charge in [-0.25, -0.2) is 4.99 Å². The molecule has 304 valence electrons. The fraction of sp³-hybridized carbons (Fsp3) is 0.0179. The third kappa shape index (κ3) is 6.35. The maximum atomic E-state index is 5.49. The lowest BCUT2D eigenvalue weighted by molar-refractivity contribution is 0.655. The number of aliphatic imine (C=N–C) groups is 2.